The first-order chi connectivity index (χ1) is 5.75. The third-order valence-corrected chi connectivity index (χ3v) is 3.78. The average molecular weight is 216 g/mol. The smallest absolute Gasteiger partial charge is 0.0935 e. The van der Waals surface area contributed by atoms with Crippen LogP contribution in [0.2, 0.25) is 4.34 Å². The van der Waals surface area contributed by atoms with Gasteiger partial charge in [0, 0.05) is 9.75 Å². The number of nitrogens with two attached hydrogens (primary N) is 1. The second kappa shape index (κ2) is 3.09. The van der Waals surface area contributed by atoms with E-state index in [9.17, 15) is 0 Å². The highest BCUT2D eigenvalue weighted by molar-refractivity contribution is 7.25. The Kier molecular flexibility index (Phi) is 2.09. The summed E-state index contributed by atoms with van der Waals surface area (Å²) in [5.74, 6) is 0. The van der Waals surface area contributed by atoms with Crippen molar-refractivity contribution in [2.75, 3.05) is 5.73 Å². The van der Waals surface area contributed by atoms with Crippen LogP contribution in [0, 0.1) is 0 Å². The normalized spacial score (nSPS) is 10.4. The first-order valence-electron chi connectivity index (χ1n) is 3.37. The van der Waals surface area contributed by atoms with Crippen LogP contribution in [-0.2, 0) is 0 Å². The van der Waals surface area contributed by atoms with E-state index in [0.29, 0.717) is 0 Å². The predicted octanol–water partition coefficient (Wildman–Crippen LogP) is 3.71. The summed E-state index contributed by atoms with van der Waals surface area (Å²) < 4.78 is 0.817. The standard InChI is InChI=1S/C8H6ClNS2/c9-7-3-1-5(11-7)6-2-4-8(10)12-6/h1-4H,10H2. The van der Waals surface area contributed by atoms with Gasteiger partial charge in [0.25, 0.3) is 0 Å². The zero-order valence-corrected chi connectivity index (χ0v) is 8.47. The molecule has 0 aromatic carbocycles. The van der Waals surface area contributed by atoms with Gasteiger partial charge in [-0.1, -0.05) is 11.6 Å². The Morgan fingerprint density at radius 3 is 2.17 bits per heavy atom. The number of thiophene rings is 2. The van der Waals surface area contributed by atoms with Crippen molar-refractivity contribution in [3.8, 4) is 9.75 Å². The van der Waals surface area contributed by atoms with Gasteiger partial charge in [-0.05, 0) is 24.3 Å². The molecule has 2 heterocycles. The maximum atomic E-state index is 5.81. The zero-order chi connectivity index (χ0) is 8.55. The maximum Gasteiger partial charge on any atom is 0.0935 e. The molecule has 0 bridgehead atoms. The Bertz CT molecular complexity index is 353. The molecule has 0 unspecified atom stereocenters. The Labute approximate surface area is 83.4 Å². The lowest BCUT2D eigenvalue weighted by Crippen LogP contribution is -1.72. The molecule has 0 amide bonds. The molecule has 2 rings (SSSR count). The fraction of sp³-hybridized carbons (Fsp3) is 0. The third-order valence-electron chi connectivity index (χ3n) is 1.44. The highest BCUT2D eigenvalue weighted by Crippen LogP contribution is 2.35. The van der Waals surface area contributed by atoms with Gasteiger partial charge in [-0.3, -0.25) is 0 Å². The van der Waals surface area contributed by atoms with Crippen LogP contribution >= 0.6 is 34.3 Å². The highest BCUT2D eigenvalue weighted by Gasteiger charge is 2.03. The van der Waals surface area contributed by atoms with Gasteiger partial charge in [-0.15, -0.1) is 22.7 Å². The van der Waals surface area contributed by atoms with Gasteiger partial charge in [0.2, 0.25) is 0 Å². The molecule has 62 valence electrons. The van der Waals surface area contributed by atoms with Crippen molar-refractivity contribution in [1.82, 2.24) is 0 Å². The molecule has 0 atom stereocenters. The fourth-order valence-corrected chi connectivity index (χ4v) is 2.84. The van der Waals surface area contributed by atoms with Crippen molar-refractivity contribution in [3.63, 3.8) is 0 Å². The van der Waals surface area contributed by atoms with E-state index in [1.54, 1.807) is 22.7 Å². The minimum Gasteiger partial charge on any atom is -0.391 e. The van der Waals surface area contributed by atoms with E-state index in [4.69, 9.17) is 17.3 Å². The molecule has 0 aliphatic heterocycles. The van der Waals surface area contributed by atoms with Crippen LogP contribution in [0.4, 0.5) is 5.00 Å². The van der Waals surface area contributed by atoms with Crippen molar-refractivity contribution in [1.29, 1.82) is 0 Å². The van der Waals surface area contributed by atoms with Crippen LogP contribution in [0.25, 0.3) is 9.75 Å². The summed E-state index contributed by atoms with van der Waals surface area (Å²) in [6.45, 7) is 0. The molecule has 0 saturated carbocycles. The van der Waals surface area contributed by atoms with Crippen LogP contribution in [0.1, 0.15) is 0 Å². The Balaban J connectivity index is 2.43. The van der Waals surface area contributed by atoms with Crippen molar-refractivity contribution >= 4 is 39.3 Å². The summed E-state index contributed by atoms with van der Waals surface area (Å²) in [6, 6.07) is 7.84. The number of hydrogen-bond acceptors (Lipinski definition) is 3. The van der Waals surface area contributed by atoms with Crippen molar-refractivity contribution in [2.24, 2.45) is 0 Å². The van der Waals surface area contributed by atoms with E-state index in [2.05, 4.69) is 0 Å². The van der Waals surface area contributed by atoms with Crippen LogP contribution in [0.15, 0.2) is 24.3 Å². The molecule has 2 N–H and O–H groups in total. The highest BCUT2D eigenvalue weighted by atomic mass is 35.5. The molecule has 0 aliphatic carbocycles. The number of rotatable bonds is 1. The van der Waals surface area contributed by atoms with Crippen LogP contribution < -0.4 is 5.73 Å². The maximum absolute atomic E-state index is 5.81. The molecule has 2 aromatic rings. The zero-order valence-electron chi connectivity index (χ0n) is 6.08. The Morgan fingerprint density at radius 1 is 1.00 bits per heavy atom. The topological polar surface area (TPSA) is 26.0 Å². The molecule has 12 heavy (non-hydrogen) atoms. The quantitative estimate of drug-likeness (QED) is 0.771. The molecule has 0 spiro atoms. The molecular formula is C8H6ClNS2. The van der Waals surface area contributed by atoms with Gasteiger partial charge in [0.1, 0.15) is 0 Å². The number of hydrogen-bond donors (Lipinski definition) is 1. The number of anilines is 1. The van der Waals surface area contributed by atoms with Crippen molar-refractivity contribution < 1.29 is 0 Å². The molecule has 1 nitrogen and oxygen atoms in total. The third kappa shape index (κ3) is 1.48. The summed E-state index contributed by atoms with van der Waals surface area (Å²) in [5.41, 5.74) is 5.61. The lowest BCUT2D eigenvalue weighted by Gasteiger charge is -1.86. The van der Waals surface area contributed by atoms with Gasteiger partial charge in [0.15, 0.2) is 0 Å². The minimum atomic E-state index is 0.817. The molecule has 0 aliphatic rings. The SMILES string of the molecule is Nc1ccc(-c2ccc(Cl)s2)s1. The number of nitrogen functional groups attached to an aromatic ring is 1. The molecule has 0 fully saturated rings. The second-order valence-electron chi connectivity index (χ2n) is 2.31. The van der Waals surface area contributed by atoms with Crippen LogP contribution in [0.3, 0.4) is 0 Å². The van der Waals surface area contributed by atoms with E-state index in [0.717, 1.165) is 9.34 Å². The van der Waals surface area contributed by atoms with Gasteiger partial charge >= 0.3 is 0 Å². The lowest BCUT2D eigenvalue weighted by molar-refractivity contribution is 1.91. The summed E-state index contributed by atoms with van der Waals surface area (Å²) in [5, 5.41) is 0.842. The lowest BCUT2D eigenvalue weighted by atomic mass is 10.4. The van der Waals surface area contributed by atoms with Crippen LogP contribution in [0.5, 0.6) is 0 Å². The van der Waals surface area contributed by atoms with Gasteiger partial charge < -0.3 is 5.73 Å². The molecule has 4 heteroatoms. The van der Waals surface area contributed by atoms with Crippen molar-refractivity contribution in [3.05, 3.63) is 28.6 Å². The average Bonchev–Trinajstić information content (AvgIpc) is 2.58. The summed E-state index contributed by atoms with van der Waals surface area (Å²) >= 11 is 8.97. The minimum absolute atomic E-state index is 0.817. The second-order valence-corrected chi connectivity index (χ2v) is 5.14. The first-order valence-corrected chi connectivity index (χ1v) is 5.38. The fourth-order valence-electron chi connectivity index (χ4n) is 0.932. The molecule has 2 aromatic heterocycles. The Hall–Kier alpha value is -0.510. The molecular weight excluding hydrogens is 210 g/mol. The van der Waals surface area contributed by atoms with Crippen LogP contribution in [-0.4, -0.2) is 0 Å². The monoisotopic (exact) mass is 215 g/mol. The first kappa shape index (κ1) is 8.10. The van der Waals surface area contributed by atoms with E-state index < -0.39 is 0 Å². The molecule has 0 radical (unpaired) electrons. The number of halogens is 1. The van der Waals surface area contributed by atoms with Gasteiger partial charge in [0.05, 0.1) is 9.34 Å². The van der Waals surface area contributed by atoms with Crippen molar-refractivity contribution in [2.45, 2.75) is 0 Å². The van der Waals surface area contributed by atoms with Gasteiger partial charge in [-0.2, -0.15) is 0 Å². The van der Waals surface area contributed by atoms with E-state index >= 15 is 0 Å². The van der Waals surface area contributed by atoms with E-state index in [-0.39, 0.29) is 0 Å². The van der Waals surface area contributed by atoms with E-state index in [1.807, 2.05) is 24.3 Å². The Morgan fingerprint density at radius 2 is 1.67 bits per heavy atom. The largest absolute Gasteiger partial charge is 0.391 e. The van der Waals surface area contributed by atoms with Gasteiger partial charge in [-0.25, -0.2) is 0 Å². The summed E-state index contributed by atoms with van der Waals surface area (Å²) in [6.07, 6.45) is 0. The summed E-state index contributed by atoms with van der Waals surface area (Å²) in [7, 11) is 0. The van der Waals surface area contributed by atoms with E-state index in [1.165, 1.54) is 9.75 Å². The predicted molar refractivity (Wildman–Crippen MR) is 57.1 cm³/mol. The summed E-state index contributed by atoms with van der Waals surface area (Å²) in [4.78, 5) is 2.37. The molecule has 0 saturated heterocycles.